The van der Waals surface area contributed by atoms with Gasteiger partial charge in [0.2, 0.25) is 0 Å². The number of carboxylic acid groups (broad SMARTS) is 1. The second kappa shape index (κ2) is 11.2. The van der Waals surface area contributed by atoms with Crippen molar-refractivity contribution < 1.29 is 70.3 Å². The molecule has 1 aromatic rings. The molecule has 0 unspecified atom stereocenters. The van der Waals surface area contributed by atoms with Crippen molar-refractivity contribution in [2.24, 2.45) is 0 Å². The highest BCUT2D eigenvalue weighted by Gasteiger charge is 2.50. The first-order chi connectivity index (χ1) is 16.5. The number of aromatic carboxylic acids is 1. The average molecular weight is 507 g/mol. The van der Waals surface area contributed by atoms with Crippen LogP contribution in [0, 0.1) is 0 Å². The molecule has 0 amide bonds. The predicted molar refractivity (Wildman–Crippen MR) is 107 cm³/mol. The number of anilines is 2. The molecule has 0 aliphatic carbocycles. The van der Waals surface area contributed by atoms with Crippen LogP contribution in [-0.4, -0.2) is 127 Å². The molecule has 2 saturated heterocycles. The fourth-order valence-electron chi connectivity index (χ4n) is 3.80. The molecule has 16 heteroatoms. The van der Waals surface area contributed by atoms with Crippen LogP contribution in [0.25, 0.3) is 0 Å². The normalized spacial score (nSPS) is 37.6. The van der Waals surface area contributed by atoms with Gasteiger partial charge in [-0.25, -0.2) is 0 Å². The summed E-state index contributed by atoms with van der Waals surface area (Å²) in [4.78, 5) is 11.2. The lowest BCUT2D eigenvalue weighted by Gasteiger charge is -2.46. The van der Waals surface area contributed by atoms with E-state index in [-0.39, 0.29) is 16.6 Å². The van der Waals surface area contributed by atoms with Gasteiger partial charge < -0.3 is 65.2 Å². The van der Waals surface area contributed by atoms with Crippen LogP contribution in [0.5, 0.6) is 0 Å². The van der Waals surface area contributed by atoms with Gasteiger partial charge in [-0.1, -0.05) is 0 Å². The molecular weight excluding hydrogens is 480 g/mol. The van der Waals surface area contributed by atoms with E-state index in [0.29, 0.717) is 0 Å². The molecule has 2 aliphatic rings. The Bertz CT molecular complexity index is 870. The number of nitrogens with one attached hydrogen (secondary N) is 1. The van der Waals surface area contributed by atoms with Gasteiger partial charge in [-0.05, 0) is 18.2 Å². The van der Waals surface area contributed by atoms with E-state index in [1.807, 2.05) is 0 Å². The van der Waals surface area contributed by atoms with E-state index >= 15 is 0 Å². The van der Waals surface area contributed by atoms with E-state index in [1.54, 1.807) is 0 Å². The lowest BCUT2D eigenvalue weighted by atomic mass is 9.96. The third kappa shape index (κ3) is 5.80. The molecule has 16 nitrogen and oxygen atoms in total. The zero-order chi connectivity index (χ0) is 26.0. The number of hydrogen-bond acceptors (Lipinski definition) is 16. The second-order valence-electron chi connectivity index (χ2n) is 8.05. The largest absolute Gasteiger partial charge is 0.545 e. The Balaban J connectivity index is 1.77. The third-order valence-electron chi connectivity index (χ3n) is 5.70. The Kier molecular flexibility index (Phi) is 8.81. The maximum absolute atomic E-state index is 11.2. The third-order valence-corrected chi connectivity index (χ3v) is 5.70. The van der Waals surface area contributed by atoms with Crippen molar-refractivity contribution in [1.82, 2.24) is 0 Å². The lowest BCUT2D eigenvalue weighted by molar-refractivity contribution is -0.340. The highest BCUT2D eigenvalue weighted by molar-refractivity contribution is 5.88. The standard InChI is InChI=1S/C19H28N2O14/c22-4-9-11(24)12(25)15(28)19(34-9)35-16-10(5-23)33-17(14(27)13(16)26)20-7-1-6(18(29)30)2-8(3-7)21(31)32/h1-3,9-17,19-20,22-28,31-32H,4-5H2,(H,29,30)/p-1/t9-,10-,11+,12+,13-,14+,15+,16+,17+,19-/m0/s1. The van der Waals surface area contributed by atoms with Crippen LogP contribution < -0.4 is 15.6 Å². The first-order valence-corrected chi connectivity index (χ1v) is 10.4. The summed E-state index contributed by atoms with van der Waals surface area (Å²) in [5.41, 5.74) is -0.954. The number of carbonyl (C=O) groups excluding carboxylic acids is 1. The first kappa shape index (κ1) is 27.4. The van der Waals surface area contributed by atoms with Crippen LogP contribution in [0.4, 0.5) is 11.4 Å². The van der Waals surface area contributed by atoms with Crippen molar-refractivity contribution in [1.29, 1.82) is 0 Å². The van der Waals surface area contributed by atoms with Crippen LogP contribution in [0.3, 0.4) is 0 Å². The fourth-order valence-corrected chi connectivity index (χ4v) is 3.80. The fraction of sp³-hybridized carbons (Fsp3) is 0.632. The molecule has 0 spiro atoms. The van der Waals surface area contributed by atoms with Gasteiger partial charge >= 0.3 is 0 Å². The van der Waals surface area contributed by atoms with Crippen LogP contribution in [-0.2, 0) is 14.2 Å². The molecule has 10 N–H and O–H groups in total. The zero-order valence-electron chi connectivity index (χ0n) is 17.9. The Hall–Kier alpha value is -2.19. The minimum absolute atomic E-state index is 0.101. The molecule has 0 aromatic heterocycles. The molecule has 2 aliphatic heterocycles. The van der Waals surface area contributed by atoms with Gasteiger partial charge in [0.1, 0.15) is 48.8 Å². The molecule has 1 aromatic carbocycles. The summed E-state index contributed by atoms with van der Waals surface area (Å²) in [6.45, 7) is -1.52. The van der Waals surface area contributed by atoms with Crippen molar-refractivity contribution >= 4 is 17.3 Å². The lowest BCUT2D eigenvalue weighted by Crippen LogP contribution is -2.65. The second-order valence-corrected chi connectivity index (χ2v) is 8.05. The average Bonchev–Trinajstić information content (AvgIpc) is 2.83. The topological polar surface area (TPSA) is 265 Å². The van der Waals surface area contributed by atoms with Crippen molar-refractivity contribution in [3.8, 4) is 0 Å². The summed E-state index contributed by atoms with van der Waals surface area (Å²) in [5, 5.41) is 102. The van der Waals surface area contributed by atoms with E-state index < -0.39 is 86.1 Å². The van der Waals surface area contributed by atoms with E-state index in [2.05, 4.69) is 5.32 Å². The van der Waals surface area contributed by atoms with E-state index in [4.69, 9.17) is 14.2 Å². The van der Waals surface area contributed by atoms with Gasteiger partial charge in [-0.2, -0.15) is 0 Å². The Morgan fingerprint density at radius 2 is 1.57 bits per heavy atom. The molecule has 198 valence electrons. The van der Waals surface area contributed by atoms with Crippen molar-refractivity contribution in [2.45, 2.75) is 61.3 Å². The number of aliphatic hydroxyl groups is 7. The molecule has 2 heterocycles. The summed E-state index contributed by atoms with van der Waals surface area (Å²) in [5.74, 6) is -1.65. The van der Waals surface area contributed by atoms with Gasteiger partial charge in [0.15, 0.2) is 12.5 Å². The van der Waals surface area contributed by atoms with Gasteiger partial charge in [-0.15, -0.1) is 5.23 Å². The highest BCUT2D eigenvalue weighted by Crippen LogP contribution is 2.30. The van der Waals surface area contributed by atoms with Crippen LogP contribution in [0.2, 0.25) is 0 Å². The monoisotopic (exact) mass is 507 g/mol. The quantitative estimate of drug-likeness (QED) is 0.147. The van der Waals surface area contributed by atoms with Gasteiger partial charge in [0.05, 0.1) is 24.9 Å². The number of aliphatic hydroxyl groups excluding tert-OH is 7. The SMILES string of the molecule is O=C([O-])c1cc(N[C@@H]2O[C@@H](CO)[C@@H](O[C@@H]3O[C@@H](CO)[C@@H](O)[C@@H](O)[C@H]3O)[C@@H](O)[C@H]2O)cc(N(O)O)c1. The van der Waals surface area contributed by atoms with Gasteiger partial charge in [0, 0.05) is 11.3 Å². The molecule has 0 saturated carbocycles. The number of nitrogens with zero attached hydrogens (tertiary/aromatic N) is 1. The highest BCUT2D eigenvalue weighted by atomic mass is 16.8. The van der Waals surface area contributed by atoms with Crippen molar-refractivity contribution in [3.63, 3.8) is 0 Å². The number of hydrogen-bond donors (Lipinski definition) is 10. The van der Waals surface area contributed by atoms with Crippen molar-refractivity contribution in [2.75, 3.05) is 23.8 Å². The zero-order valence-corrected chi connectivity index (χ0v) is 17.9. The molecule has 0 radical (unpaired) electrons. The van der Waals surface area contributed by atoms with Gasteiger partial charge in [0.25, 0.3) is 0 Å². The molecule has 3 rings (SSSR count). The van der Waals surface area contributed by atoms with Gasteiger partial charge in [-0.3, -0.25) is 10.4 Å². The number of carboxylic acids is 1. The Morgan fingerprint density at radius 3 is 2.14 bits per heavy atom. The summed E-state index contributed by atoms with van der Waals surface area (Å²) in [6, 6.07) is 2.98. The molecule has 35 heavy (non-hydrogen) atoms. The van der Waals surface area contributed by atoms with Crippen LogP contribution >= 0.6 is 0 Å². The molecule has 0 bridgehead atoms. The van der Waals surface area contributed by atoms with E-state index in [1.165, 1.54) is 0 Å². The maximum Gasteiger partial charge on any atom is 0.187 e. The smallest absolute Gasteiger partial charge is 0.187 e. The number of benzene rings is 1. The van der Waals surface area contributed by atoms with E-state index in [0.717, 1.165) is 18.2 Å². The van der Waals surface area contributed by atoms with Crippen molar-refractivity contribution in [3.05, 3.63) is 23.8 Å². The maximum atomic E-state index is 11.2. The number of ether oxygens (including phenoxy) is 3. The number of rotatable bonds is 8. The first-order valence-electron chi connectivity index (χ1n) is 10.4. The van der Waals surface area contributed by atoms with Crippen LogP contribution in [0.1, 0.15) is 10.4 Å². The predicted octanol–water partition coefficient (Wildman–Crippen LogP) is -5.33. The minimum atomic E-state index is -1.82. The molecule has 10 atom stereocenters. The summed E-state index contributed by atoms with van der Waals surface area (Å²) in [6.07, 6.45) is -16.2. The van der Waals surface area contributed by atoms with E-state index in [9.17, 15) is 56.1 Å². The molecule has 2 fully saturated rings. The summed E-state index contributed by atoms with van der Waals surface area (Å²) < 4.78 is 16.2. The minimum Gasteiger partial charge on any atom is -0.545 e. The summed E-state index contributed by atoms with van der Waals surface area (Å²) >= 11 is 0. The van der Waals surface area contributed by atoms with Crippen LogP contribution in [0.15, 0.2) is 18.2 Å². The molecular formula is C19H27N2O14-. The Labute approximate surface area is 197 Å². The summed E-state index contributed by atoms with van der Waals surface area (Å²) in [7, 11) is 0. The Morgan fingerprint density at radius 1 is 0.914 bits per heavy atom. The number of carbonyl (C=O) groups is 1.